The van der Waals surface area contributed by atoms with Crippen molar-refractivity contribution >= 4 is 13.8 Å². The number of esters is 1. The summed E-state index contributed by atoms with van der Waals surface area (Å²) in [5.41, 5.74) is 0. The Morgan fingerprint density at radius 1 is 0.600 bits per heavy atom. The van der Waals surface area contributed by atoms with Gasteiger partial charge in [-0.3, -0.25) is 13.8 Å². The molecule has 0 radical (unpaired) electrons. The van der Waals surface area contributed by atoms with Crippen LogP contribution in [0.25, 0.3) is 0 Å². The summed E-state index contributed by atoms with van der Waals surface area (Å²) >= 11 is 0. The topological polar surface area (TPSA) is 132 Å². The van der Waals surface area contributed by atoms with Gasteiger partial charge >= 0.3 is 13.8 Å². The van der Waals surface area contributed by atoms with Crippen molar-refractivity contribution in [3.63, 3.8) is 0 Å². The van der Waals surface area contributed by atoms with Gasteiger partial charge in [-0.25, -0.2) is 4.57 Å². The second-order valence-corrected chi connectivity index (χ2v) is 18.2. The lowest BCUT2D eigenvalue weighted by molar-refractivity contribution is -0.870. The molecule has 0 rings (SSSR count). The molecule has 4 unspecified atom stereocenters. The zero-order valence-corrected chi connectivity index (χ0v) is 37.3. The number of ether oxygens (including phenoxy) is 2. The smallest absolute Gasteiger partial charge is 0.457 e. The van der Waals surface area contributed by atoms with E-state index in [-0.39, 0.29) is 32.2 Å². The van der Waals surface area contributed by atoms with Crippen molar-refractivity contribution < 1.29 is 47.5 Å². The van der Waals surface area contributed by atoms with Crippen molar-refractivity contribution in [3.05, 3.63) is 12.2 Å². The van der Waals surface area contributed by atoms with Crippen molar-refractivity contribution in [1.29, 1.82) is 0 Å². The molecule has 0 saturated carbocycles. The van der Waals surface area contributed by atoms with Crippen LogP contribution in [0.1, 0.15) is 194 Å². The molecule has 0 aromatic carbocycles. The van der Waals surface area contributed by atoms with Crippen molar-refractivity contribution in [1.82, 2.24) is 0 Å². The number of hydrogen-bond donors (Lipinski definition) is 3. The maximum absolute atomic E-state index is 12.7. The summed E-state index contributed by atoms with van der Waals surface area (Å²) in [7, 11) is 1.60. The average molecular weight is 807 g/mol. The molecule has 0 aliphatic carbocycles. The Labute approximate surface area is 338 Å². The van der Waals surface area contributed by atoms with Crippen LogP contribution in [0.3, 0.4) is 0 Å². The van der Waals surface area contributed by atoms with E-state index in [0.717, 1.165) is 77.0 Å². The predicted octanol–water partition coefficient (Wildman–Crippen LogP) is 11.0. The van der Waals surface area contributed by atoms with E-state index in [2.05, 4.69) is 26.0 Å². The van der Waals surface area contributed by atoms with Crippen LogP contribution in [0.4, 0.5) is 0 Å². The summed E-state index contributed by atoms with van der Waals surface area (Å²) in [6.45, 7) is 5.38. The first-order valence-corrected chi connectivity index (χ1v) is 24.1. The van der Waals surface area contributed by atoms with E-state index in [9.17, 15) is 24.5 Å². The van der Waals surface area contributed by atoms with E-state index in [4.69, 9.17) is 18.5 Å². The molecule has 0 saturated heterocycles. The number of aliphatic hydroxyl groups excluding tert-OH is 2. The van der Waals surface area contributed by atoms with Crippen LogP contribution >= 0.6 is 7.82 Å². The van der Waals surface area contributed by atoms with Crippen LogP contribution in [0.5, 0.6) is 0 Å². The highest BCUT2D eigenvalue weighted by Crippen LogP contribution is 2.43. The molecule has 0 fully saturated rings. The molecule has 0 amide bonds. The van der Waals surface area contributed by atoms with Crippen molar-refractivity contribution in [2.24, 2.45) is 0 Å². The number of nitrogens with zero attached hydrogens (tertiary/aromatic N) is 1. The third kappa shape index (κ3) is 39.8. The SMILES string of the molecule is CCCCCCCC/C=C\CCCCCCCCOCC(COP(=O)(O)OCC[N+](C)(C)C)OC(=O)CCCCCCCCCC(O)C(O)CCCCCC. The summed E-state index contributed by atoms with van der Waals surface area (Å²) in [5.74, 6) is -0.365. The van der Waals surface area contributed by atoms with E-state index < -0.39 is 26.1 Å². The van der Waals surface area contributed by atoms with Crippen molar-refractivity contribution in [2.45, 2.75) is 212 Å². The standard InChI is InChI=1S/C44H88NO9P/c1-6-8-10-12-13-14-15-16-17-18-19-20-21-25-28-32-37-51-39-41(40-53-55(49,50)52-38-36-45(3,4)5)54-44(48)35-31-27-24-22-23-26-30-34-43(47)42(46)33-29-11-9-7-2/h16-17,41-43,46-47H,6-15,18-40H2,1-5H3/p+1/b17-16-. The van der Waals surface area contributed by atoms with Gasteiger partial charge < -0.3 is 29.1 Å². The zero-order valence-electron chi connectivity index (χ0n) is 36.4. The lowest BCUT2D eigenvalue weighted by Crippen LogP contribution is -2.37. The van der Waals surface area contributed by atoms with Gasteiger partial charge in [-0.05, 0) is 51.4 Å². The van der Waals surface area contributed by atoms with Gasteiger partial charge in [-0.1, -0.05) is 148 Å². The second-order valence-electron chi connectivity index (χ2n) is 16.7. The second kappa shape index (κ2) is 37.4. The maximum atomic E-state index is 12.7. The molecule has 0 aromatic rings. The van der Waals surface area contributed by atoms with Gasteiger partial charge in [0.25, 0.3) is 0 Å². The molecule has 4 atom stereocenters. The van der Waals surface area contributed by atoms with Crippen LogP contribution in [0.15, 0.2) is 12.2 Å². The zero-order chi connectivity index (χ0) is 40.9. The average Bonchev–Trinajstić information content (AvgIpc) is 3.13. The lowest BCUT2D eigenvalue weighted by atomic mass is 10.00. The van der Waals surface area contributed by atoms with E-state index in [0.29, 0.717) is 36.9 Å². The van der Waals surface area contributed by atoms with Gasteiger partial charge in [-0.15, -0.1) is 0 Å². The maximum Gasteiger partial charge on any atom is 0.472 e. The van der Waals surface area contributed by atoms with Crippen molar-refractivity contribution in [3.8, 4) is 0 Å². The summed E-state index contributed by atoms with van der Waals surface area (Å²) in [6.07, 6.45) is 32.7. The molecule has 10 nitrogen and oxygen atoms in total. The van der Waals surface area contributed by atoms with Crippen LogP contribution in [-0.4, -0.2) is 98.0 Å². The molecular formula is C44H89NO9P+. The number of aliphatic hydroxyl groups is 2. The van der Waals surface area contributed by atoms with Gasteiger partial charge in [0.05, 0.1) is 46.6 Å². The highest BCUT2D eigenvalue weighted by atomic mass is 31.2. The summed E-state index contributed by atoms with van der Waals surface area (Å²) in [6, 6.07) is 0. The fourth-order valence-corrected chi connectivity index (χ4v) is 7.09. The molecule has 0 aliphatic rings. The summed E-state index contributed by atoms with van der Waals surface area (Å²) in [4.78, 5) is 22.9. The highest BCUT2D eigenvalue weighted by Gasteiger charge is 2.26. The number of hydrogen-bond acceptors (Lipinski definition) is 8. The largest absolute Gasteiger partial charge is 0.472 e. The Morgan fingerprint density at radius 3 is 1.58 bits per heavy atom. The van der Waals surface area contributed by atoms with Gasteiger partial charge in [0.2, 0.25) is 0 Å². The number of carbonyl (C=O) groups is 1. The third-order valence-electron chi connectivity index (χ3n) is 10.0. The minimum Gasteiger partial charge on any atom is -0.457 e. The number of carbonyl (C=O) groups excluding carboxylic acids is 1. The monoisotopic (exact) mass is 807 g/mol. The molecule has 55 heavy (non-hydrogen) atoms. The quantitative estimate of drug-likeness (QED) is 0.0181. The van der Waals surface area contributed by atoms with Crippen LogP contribution in [0.2, 0.25) is 0 Å². The molecule has 0 aliphatic heterocycles. The minimum atomic E-state index is -4.30. The van der Waals surface area contributed by atoms with Gasteiger partial charge in [0.15, 0.2) is 0 Å². The lowest BCUT2D eigenvalue weighted by Gasteiger charge is -2.24. The summed E-state index contributed by atoms with van der Waals surface area (Å²) < 4.78 is 34.9. The predicted molar refractivity (Wildman–Crippen MR) is 227 cm³/mol. The van der Waals surface area contributed by atoms with Crippen LogP contribution in [-0.2, 0) is 27.9 Å². The molecule has 0 spiro atoms. The minimum absolute atomic E-state index is 0.0679. The number of phosphoric acid groups is 1. The van der Waals surface area contributed by atoms with E-state index in [1.54, 1.807) is 0 Å². The van der Waals surface area contributed by atoms with Crippen molar-refractivity contribution in [2.75, 3.05) is 54.1 Å². The number of unbranched alkanes of at least 4 members (excludes halogenated alkanes) is 21. The molecule has 328 valence electrons. The van der Waals surface area contributed by atoms with E-state index >= 15 is 0 Å². The molecular weight excluding hydrogens is 717 g/mol. The first-order valence-electron chi connectivity index (χ1n) is 22.6. The first kappa shape index (κ1) is 54.2. The van der Waals surface area contributed by atoms with Gasteiger partial charge in [0, 0.05) is 13.0 Å². The highest BCUT2D eigenvalue weighted by molar-refractivity contribution is 7.47. The Morgan fingerprint density at radius 2 is 1.05 bits per heavy atom. The Kier molecular flexibility index (Phi) is 36.9. The Hall–Kier alpha value is -0.840. The Balaban J connectivity index is 4.30. The fraction of sp³-hybridized carbons (Fsp3) is 0.932. The van der Waals surface area contributed by atoms with E-state index in [1.165, 1.54) is 77.0 Å². The van der Waals surface area contributed by atoms with Crippen LogP contribution < -0.4 is 0 Å². The summed E-state index contributed by atoms with van der Waals surface area (Å²) in [5, 5.41) is 20.4. The van der Waals surface area contributed by atoms with Gasteiger partial charge in [-0.2, -0.15) is 0 Å². The normalized spacial score (nSPS) is 15.0. The third-order valence-corrected chi connectivity index (χ3v) is 11.0. The molecule has 0 heterocycles. The number of quaternary nitrogens is 1. The van der Waals surface area contributed by atoms with E-state index in [1.807, 2.05) is 21.1 Å². The Bertz CT molecular complexity index is 929. The molecule has 0 aromatic heterocycles. The van der Waals surface area contributed by atoms with Crippen LogP contribution in [0, 0.1) is 0 Å². The number of rotatable bonds is 42. The molecule has 3 N–H and O–H groups in total. The number of allylic oxidation sites excluding steroid dienone is 2. The molecule has 11 heteroatoms. The first-order chi connectivity index (χ1) is 26.4. The molecule has 0 bridgehead atoms. The van der Waals surface area contributed by atoms with Gasteiger partial charge in [0.1, 0.15) is 19.3 Å². The fourth-order valence-electron chi connectivity index (χ4n) is 6.34. The number of likely N-dealkylation sites (N-methyl/N-ethyl adjacent to an activating group) is 1. The number of phosphoric ester groups is 1.